The quantitative estimate of drug-likeness (QED) is 0.230. The average molecular weight is 453 g/mol. The van der Waals surface area contributed by atoms with E-state index < -0.39 is 4.92 Å². The number of allylic oxidation sites excluding steroid dienone is 1. The Morgan fingerprint density at radius 1 is 1.25 bits per heavy atom. The Labute approximate surface area is 187 Å². The molecule has 0 aliphatic carbocycles. The molecule has 0 fully saturated rings. The first-order valence-electron chi connectivity index (χ1n) is 9.98. The minimum Gasteiger partial charge on any atom is -0.311 e. The van der Waals surface area contributed by atoms with Crippen LogP contribution in [0.3, 0.4) is 0 Å². The Morgan fingerprint density at radius 2 is 2.03 bits per heavy atom. The molecule has 32 heavy (non-hydrogen) atoms. The van der Waals surface area contributed by atoms with E-state index in [4.69, 9.17) is 0 Å². The molecule has 0 unspecified atom stereocenters. The summed E-state index contributed by atoms with van der Waals surface area (Å²) in [6, 6.07) is 10.6. The zero-order chi connectivity index (χ0) is 22.7. The van der Waals surface area contributed by atoms with Gasteiger partial charge in [-0.05, 0) is 48.7 Å². The molecule has 1 aromatic heterocycles. The van der Waals surface area contributed by atoms with Crippen LogP contribution in [0, 0.1) is 15.9 Å². The number of nitrogens with zero attached hydrogens (tertiary/aromatic N) is 5. The molecule has 4 rings (SSSR count). The number of halogens is 1. The largest absolute Gasteiger partial charge is 0.311 e. The molecule has 2 heterocycles. The predicted octanol–water partition coefficient (Wildman–Crippen LogP) is 4.25. The van der Waals surface area contributed by atoms with Gasteiger partial charge in [0, 0.05) is 36.5 Å². The van der Waals surface area contributed by atoms with Crippen LogP contribution in [-0.2, 0) is 17.8 Å². The van der Waals surface area contributed by atoms with Crippen LogP contribution < -0.4 is 4.90 Å². The number of hydrogen-bond donors (Lipinski definition) is 0. The maximum absolute atomic E-state index is 13.3. The second kappa shape index (κ2) is 9.31. The van der Waals surface area contributed by atoms with Crippen LogP contribution in [-0.4, -0.2) is 37.9 Å². The molecule has 1 aliphatic heterocycles. The molecule has 0 bridgehead atoms. The van der Waals surface area contributed by atoms with Gasteiger partial charge in [-0.15, -0.1) is 16.8 Å². The summed E-state index contributed by atoms with van der Waals surface area (Å²) >= 11 is 1.26. The fourth-order valence-corrected chi connectivity index (χ4v) is 4.49. The highest BCUT2D eigenvalue weighted by Gasteiger charge is 2.25. The first-order valence-corrected chi connectivity index (χ1v) is 11.0. The number of benzene rings is 2. The fourth-order valence-electron chi connectivity index (χ4n) is 3.66. The predicted molar refractivity (Wildman–Crippen MR) is 120 cm³/mol. The highest BCUT2D eigenvalue weighted by molar-refractivity contribution is 7.99. The van der Waals surface area contributed by atoms with Crippen molar-refractivity contribution in [1.29, 1.82) is 0 Å². The summed E-state index contributed by atoms with van der Waals surface area (Å²) in [6.45, 7) is 4.77. The van der Waals surface area contributed by atoms with Crippen molar-refractivity contribution in [1.82, 2.24) is 14.8 Å². The van der Waals surface area contributed by atoms with Crippen LogP contribution in [0.4, 0.5) is 15.8 Å². The van der Waals surface area contributed by atoms with Crippen molar-refractivity contribution in [3.8, 4) is 11.4 Å². The van der Waals surface area contributed by atoms with Crippen LogP contribution in [0.15, 0.2) is 60.3 Å². The number of thioether (sulfide) groups is 1. The Balaban J connectivity index is 1.52. The maximum Gasteiger partial charge on any atom is 0.269 e. The number of fused-ring (bicyclic) bond motifs is 1. The number of nitro groups is 1. The molecule has 10 heteroatoms. The van der Waals surface area contributed by atoms with Gasteiger partial charge in [-0.25, -0.2) is 4.39 Å². The molecule has 0 radical (unpaired) electrons. The number of carbonyl (C=O) groups is 1. The normalized spacial score (nSPS) is 13.0. The number of non-ortho nitro benzene ring substituents is 1. The average Bonchev–Trinajstić information content (AvgIpc) is 3.20. The third kappa shape index (κ3) is 4.40. The Morgan fingerprint density at radius 3 is 2.75 bits per heavy atom. The fraction of sp³-hybridized carbons (Fsp3) is 0.227. The summed E-state index contributed by atoms with van der Waals surface area (Å²) in [5.41, 5.74) is 2.26. The number of carbonyl (C=O) groups excluding carboxylic acids is 1. The lowest BCUT2D eigenvalue weighted by Crippen LogP contribution is -2.36. The summed E-state index contributed by atoms with van der Waals surface area (Å²) in [5.74, 6) is 0.252. The van der Waals surface area contributed by atoms with Crippen molar-refractivity contribution in [3.63, 3.8) is 0 Å². The zero-order valence-electron chi connectivity index (χ0n) is 17.1. The van der Waals surface area contributed by atoms with Crippen molar-refractivity contribution in [2.24, 2.45) is 0 Å². The van der Waals surface area contributed by atoms with E-state index in [1.54, 1.807) is 29.2 Å². The van der Waals surface area contributed by atoms with E-state index in [1.807, 2.05) is 4.57 Å². The van der Waals surface area contributed by atoms with Crippen molar-refractivity contribution in [2.75, 3.05) is 17.2 Å². The molecular weight excluding hydrogens is 433 g/mol. The van der Waals surface area contributed by atoms with E-state index in [0.717, 1.165) is 12.0 Å². The van der Waals surface area contributed by atoms with E-state index in [-0.39, 0.29) is 23.2 Å². The van der Waals surface area contributed by atoms with Gasteiger partial charge in [0.15, 0.2) is 11.0 Å². The molecule has 1 amide bonds. The number of hydrogen-bond acceptors (Lipinski definition) is 6. The van der Waals surface area contributed by atoms with E-state index in [0.29, 0.717) is 41.7 Å². The van der Waals surface area contributed by atoms with Gasteiger partial charge in [-0.1, -0.05) is 17.8 Å². The van der Waals surface area contributed by atoms with E-state index >= 15 is 0 Å². The van der Waals surface area contributed by atoms with Crippen LogP contribution in [0.25, 0.3) is 11.4 Å². The topological polar surface area (TPSA) is 94.2 Å². The second-order valence-corrected chi connectivity index (χ2v) is 8.16. The Hall–Kier alpha value is -3.53. The van der Waals surface area contributed by atoms with Gasteiger partial charge in [-0.2, -0.15) is 0 Å². The lowest BCUT2D eigenvalue weighted by atomic mass is 10.0. The summed E-state index contributed by atoms with van der Waals surface area (Å²) in [4.78, 5) is 25.3. The highest BCUT2D eigenvalue weighted by Crippen LogP contribution is 2.32. The second-order valence-electron chi connectivity index (χ2n) is 7.22. The molecule has 164 valence electrons. The molecule has 2 aromatic carbocycles. The van der Waals surface area contributed by atoms with Crippen LogP contribution in [0.2, 0.25) is 0 Å². The number of amides is 1. The Bertz CT molecular complexity index is 1180. The first kappa shape index (κ1) is 21.7. The van der Waals surface area contributed by atoms with Gasteiger partial charge in [0.1, 0.15) is 5.82 Å². The molecular formula is C22H20FN5O3S. The van der Waals surface area contributed by atoms with E-state index in [9.17, 15) is 19.3 Å². The summed E-state index contributed by atoms with van der Waals surface area (Å²) in [7, 11) is 0. The van der Waals surface area contributed by atoms with Gasteiger partial charge in [-0.3, -0.25) is 19.5 Å². The van der Waals surface area contributed by atoms with Crippen molar-refractivity contribution >= 4 is 29.0 Å². The zero-order valence-corrected chi connectivity index (χ0v) is 17.9. The molecule has 8 nitrogen and oxygen atoms in total. The number of aryl methyl sites for hydroxylation is 1. The van der Waals surface area contributed by atoms with Gasteiger partial charge >= 0.3 is 0 Å². The third-order valence-corrected chi connectivity index (χ3v) is 6.10. The molecule has 0 atom stereocenters. The van der Waals surface area contributed by atoms with Crippen molar-refractivity contribution in [2.45, 2.75) is 24.5 Å². The SMILES string of the molecule is C=CCn1c(SCC(=O)N2CCCc3cc([N+](=O)[O-])ccc32)nnc1-c1ccc(F)cc1. The summed E-state index contributed by atoms with van der Waals surface area (Å²) in [6.07, 6.45) is 3.14. The Kier molecular flexibility index (Phi) is 6.31. The number of aromatic nitrogens is 3. The summed E-state index contributed by atoms with van der Waals surface area (Å²) in [5, 5.41) is 20.0. The minimum absolute atomic E-state index is 0.0262. The molecule has 0 spiro atoms. The number of nitro benzene ring substituents is 1. The molecule has 3 aromatic rings. The lowest BCUT2D eigenvalue weighted by molar-refractivity contribution is -0.384. The maximum atomic E-state index is 13.3. The summed E-state index contributed by atoms with van der Waals surface area (Å²) < 4.78 is 15.1. The molecule has 0 saturated heterocycles. The number of anilines is 1. The number of rotatable bonds is 7. The van der Waals surface area contributed by atoms with Gasteiger partial charge in [0.2, 0.25) is 5.91 Å². The van der Waals surface area contributed by atoms with Gasteiger partial charge < -0.3 is 4.90 Å². The van der Waals surface area contributed by atoms with Gasteiger partial charge in [0.25, 0.3) is 5.69 Å². The van der Waals surface area contributed by atoms with Crippen LogP contribution >= 0.6 is 11.8 Å². The third-order valence-electron chi connectivity index (χ3n) is 5.15. The monoisotopic (exact) mass is 453 g/mol. The molecule has 0 saturated carbocycles. The smallest absolute Gasteiger partial charge is 0.269 e. The molecule has 0 N–H and O–H groups in total. The van der Waals surface area contributed by atoms with E-state index in [1.165, 1.54) is 36.0 Å². The minimum atomic E-state index is -0.429. The van der Waals surface area contributed by atoms with Crippen LogP contribution in [0.1, 0.15) is 12.0 Å². The van der Waals surface area contributed by atoms with E-state index in [2.05, 4.69) is 16.8 Å². The van der Waals surface area contributed by atoms with Crippen molar-refractivity contribution in [3.05, 3.63) is 76.6 Å². The highest BCUT2D eigenvalue weighted by atomic mass is 32.2. The first-order chi connectivity index (χ1) is 15.5. The lowest BCUT2D eigenvalue weighted by Gasteiger charge is -2.29. The van der Waals surface area contributed by atoms with Gasteiger partial charge in [0.05, 0.1) is 10.7 Å². The molecule has 1 aliphatic rings. The standard InChI is InChI=1S/C22H20FN5O3S/c1-2-11-27-21(15-5-7-17(23)8-6-15)24-25-22(27)32-14-20(29)26-12-3-4-16-13-18(28(30)31)9-10-19(16)26/h2,5-10,13H,1,3-4,11-12,14H2. The van der Waals surface area contributed by atoms with Crippen LogP contribution in [0.5, 0.6) is 0 Å². The van der Waals surface area contributed by atoms with Crippen molar-refractivity contribution < 1.29 is 14.1 Å².